The summed E-state index contributed by atoms with van der Waals surface area (Å²) in [5, 5.41) is 3.56. The van der Waals surface area contributed by atoms with Crippen LogP contribution in [0.5, 0.6) is 0 Å². The number of hydrogen-bond donors (Lipinski definition) is 1. The van der Waals surface area contributed by atoms with Crippen molar-refractivity contribution in [1.29, 1.82) is 0 Å². The maximum absolute atomic E-state index is 6.16. The van der Waals surface area contributed by atoms with E-state index in [0.717, 1.165) is 18.5 Å². The highest BCUT2D eigenvalue weighted by Crippen LogP contribution is 2.31. The summed E-state index contributed by atoms with van der Waals surface area (Å²) >= 11 is 0. The van der Waals surface area contributed by atoms with Gasteiger partial charge in [0.2, 0.25) is 0 Å². The first-order chi connectivity index (χ1) is 8.92. The van der Waals surface area contributed by atoms with Crippen molar-refractivity contribution in [3.8, 4) is 0 Å². The Labute approximate surface area is 110 Å². The molecule has 0 saturated heterocycles. The van der Waals surface area contributed by atoms with Gasteiger partial charge in [0.05, 0.1) is 0 Å². The van der Waals surface area contributed by atoms with E-state index in [2.05, 4.69) is 10.3 Å². The molecule has 1 aliphatic heterocycles. The number of amidine groups is 1. The van der Waals surface area contributed by atoms with Gasteiger partial charge in [-0.25, -0.2) is 4.99 Å². The summed E-state index contributed by atoms with van der Waals surface area (Å²) in [7, 11) is 0. The van der Waals surface area contributed by atoms with E-state index in [0.29, 0.717) is 12.1 Å². The van der Waals surface area contributed by atoms with Gasteiger partial charge in [0, 0.05) is 12.6 Å². The molecule has 0 amide bonds. The van der Waals surface area contributed by atoms with Crippen LogP contribution in [0.4, 0.5) is 0 Å². The third kappa shape index (κ3) is 2.99. The lowest BCUT2D eigenvalue weighted by Gasteiger charge is -2.31. The van der Waals surface area contributed by atoms with Gasteiger partial charge in [-0.3, -0.25) is 0 Å². The van der Waals surface area contributed by atoms with Gasteiger partial charge in [-0.1, -0.05) is 25.7 Å². The first-order valence-corrected chi connectivity index (χ1v) is 7.89. The Bertz CT molecular complexity index is 297. The van der Waals surface area contributed by atoms with E-state index in [-0.39, 0.29) is 0 Å². The predicted molar refractivity (Wildman–Crippen MR) is 73.8 cm³/mol. The minimum absolute atomic E-state index is 0.441. The molecule has 1 N–H and O–H groups in total. The molecule has 0 bridgehead atoms. The van der Waals surface area contributed by atoms with E-state index in [1.54, 1.807) is 0 Å². The fourth-order valence-electron chi connectivity index (χ4n) is 3.67. The second-order valence-electron chi connectivity index (χ2n) is 6.16. The number of nitrogens with one attached hydrogen (secondary N) is 1. The fourth-order valence-corrected chi connectivity index (χ4v) is 3.67. The van der Waals surface area contributed by atoms with Crippen molar-refractivity contribution in [3.63, 3.8) is 0 Å². The van der Waals surface area contributed by atoms with Crippen molar-refractivity contribution in [1.82, 2.24) is 5.32 Å². The van der Waals surface area contributed by atoms with Gasteiger partial charge in [-0.05, 0) is 44.4 Å². The lowest BCUT2D eigenvalue weighted by Crippen LogP contribution is -2.40. The Kier molecular flexibility index (Phi) is 4.06. The van der Waals surface area contributed by atoms with Gasteiger partial charge in [-0.2, -0.15) is 0 Å². The zero-order chi connectivity index (χ0) is 12.2. The largest absolute Gasteiger partial charge is 0.462 e. The second-order valence-corrected chi connectivity index (χ2v) is 6.16. The lowest BCUT2D eigenvalue weighted by molar-refractivity contribution is 0.0788. The van der Waals surface area contributed by atoms with E-state index < -0.39 is 0 Å². The van der Waals surface area contributed by atoms with E-state index >= 15 is 0 Å². The molecule has 0 aromatic carbocycles. The molecule has 0 aromatic rings. The highest BCUT2D eigenvalue weighted by molar-refractivity contribution is 5.74. The quantitative estimate of drug-likeness (QED) is 0.775. The van der Waals surface area contributed by atoms with Crippen LogP contribution in [0.15, 0.2) is 4.99 Å². The van der Waals surface area contributed by atoms with Crippen LogP contribution >= 0.6 is 0 Å². The molecule has 102 valence electrons. The van der Waals surface area contributed by atoms with Crippen molar-refractivity contribution >= 4 is 6.02 Å². The fraction of sp³-hybridized carbons (Fsp3) is 0.933. The molecule has 1 heterocycles. The highest BCUT2D eigenvalue weighted by Gasteiger charge is 2.30. The minimum atomic E-state index is 0.441. The van der Waals surface area contributed by atoms with Gasteiger partial charge in [-0.15, -0.1) is 0 Å². The standard InChI is InChI=1S/C15H26N2O/c1-2-7-13(8-3-1)17-15-16-11-10-12-6-4-5-9-14(12)18-15/h12-14H,1-11H2,(H,16,17). The van der Waals surface area contributed by atoms with Crippen LogP contribution < -0.4 is 5.32 Å². The summed E-state index contributed by atoms with van der Waals surface area (Å²) in [6.07, 6.45) is 13.6. The molecule has 0 radical (unpaired) electrons. The molecule has 2 fully saturated rings. The van der Waals surface area contributed by atoms with Crippen LogP contribution in [0.1, 0.15) is 64.2 Å². The smallest absolute Gasteiger partial charge is 0.285 e. The molecule has 3 nitrogen and oxygen atoms in total. The molecule has 2 aliphatic carbocycles. The molecular formula is C15H26N2O. The second kappa shape index (κ2) is 5.94. The van der Waals surface area contributed by atoms with Crippen molar-refractivity contribution in [2.24, 2.45) is 10.9 Å². The van der Waals surface area contributed by atoms with Gasteiger partial charge < -0.3 is 10.1 Å². The first kappa shape index (κ1) is 12.3. The molecule has 3 rings (SSSR count). The Morgan fingerprint density at radius 3 is 2.56 bits per heavy atom. The third-order valence-electron chi connectivity index (χ3n) is 4.79. The Balaban J connectivity index is 1.56. The third-order valence-corrected chi connectivity index (χ3v) is 4.79. The maximum Gasteiger partial charge on any atom is 0.285 e. The number of nitrogens with zero attached hydrogens (tertiary/aromatic N) is 1. The number of fused-ring (bicyclic) bond motifs is 1. The maximum atomic E-state index is 6.16. The molecule has 2 unspecified atom stereocenters. The van der Waals surface area contributed by atoms with Crippen LogP contribution in [-0.4, -0.2) is 24.7 Å². The van der Waals surface area contributed by atoms with Crippen LogP contribution in [0.25, 0.3) is 0 Å². The van der Waals surface area contributed by atoms with Crippen LogP contribution in [0.2, 0.25) is 0 Å². The Morgan fingerprint density at radius 1 is 0.889 bits per heavy atom. The SMILES string of the molecule is C1CCC(NC2=NCCC3CCCCC3O2)CC1. The van der Waals surface area contributed by atoms with Crippen molar-refractivity contribution in [2.45, 2.75) is 76.4 Å². The van der Waals surface area contributed by atoms with Gasteiger partial charge in [0.25, 0.3) is 6.02 Å². The summed E-state index contributed by atoms with van der Waals surface area (Å²) in [5.74, 6) is 0.758. The number of hydrogen-bond acceptors (Lipinski definition) is 3. The molecule has 2 atom stereocenters. The topological polar surface area (TPSA) is 33.6 Å². The van der Waals surface area contributed by atoms with Gasteiger partial charge in [0.1, 0.15) is 6.10 Å². The first-order valence-electron chi connectivity index (χ1n) is 7.89. The summed E-state index contributed by atoms with van der Waals surface area (Å²) in [5.41, 5.74) is 0. The lowest BCUT2D eigenvalue weighted by atomic mass is 9.84. The zero-order valence-electron chi connectivity index (χ0n) is 11.4. The Hall–Kier alpha value is -0.730. The summed E-state index contributed by atoms with van der Waals surface area (Å²) in [6.45, 7) is 0.955. The molecule has 0 spiro atoms. The Morgan fingerprint density at radius 2 is 1.67 bits per heavy atom. The van der Waals surface area contributed by atoms with Crippen molar-refractivity contribution < 1.29 is 4.74 Å². The molecule has 3 aliphatic rings. The normalized spacial score (nSPS) is 33.9. The molecule has 2 saturated carbocycles. The number of aliphatic imine (C=N–C) groups is 1. The average molecular weight is 250 g/mol. The van der Waals surface area contributed by atoms with Crippen LogP contribution in [0, 0.1) is 5.92 Å². The average Bonchev–Trinajstić information content (AvgIpc) is 2.61. The summed E-state index contributed by atoms with van der Waals surface area (Å²) in [4.78, 5) is 4.62. The number of rotatable bonds is 1. The predicted octanol–water partition coefficient (Wildman–Crippen LogP) is 3.24. The molecule has 0 aromatic heterocycles. The molecule has 3 heteroatoms. The number of ether oxygens (including phenoxy) is 1. The minimum Gasteiger partial charge on any atom is -0.462 e. The molecule has 18 heavy (non-hydrogen) atoms. The van der Waals surface area contributed by atoms with Crippen molar-refractivity contribution in [3.05, 3.63) is 0 Å². The summed E-state index contributed by atoms with van der Waals surface area (Å²) < 4.78 is 6.16. The van der Waals surface area contributed by atoms with Gasteiger partial charge in [0.15, 0.2) is 0 Å². The van der Waals surface area contributed by atoms with Gasteiger partial charge >= 0.3 is 0 Å². The monoisotopic (exact) mass is 250 g/mol. The van der Waals surface area contributed by atoms with Crippen molar-refractivity contribution in [2.75, 3.05) is 6.54 Å². The molecular weight excluding hydrogens is 224 g/mol. The van der Waals surface area contributed by atoms with E-state index in [1.165, 1.54) is 64.2 Å². The van der Waals surface area contributed by atoms with E-state index in [4.69, 9.17) is 4.74 Å². The van der Waals surface area contributed by atoms with Crippen LogP contribution in [0.3, 0.4) is 0 Å². The summed E-state index contributed by atoms with van der Waals surface area (Å²) in [6, 6.07) is 1.47. The van der Waals surface area contributed by atoms with E-state index in [1.807, 2.05) is 0 Å². The van der Waals surface area contributed by atoms with Crippen LogP contribution in [-0.2, 0) is 4.74 Å². The highest BCUT2D eigenvalue weighted by atomic mass is 16.5. The van der Waals surface area contributed by atoms with E-state index in [9.17, 15) is 0 Å². The zero-order valence-corrected chi connectivity index (χ0v) is 11.4.